The Morgan fingerprint density at radius 1 is 0.906 bits per heavy atom. The van der Waals surface area contributed by atoms with Crippen molar-refractivity contribution in [1.82, 2.24) is 9.97 Å². The Labute approximate surface area is 193 Å². The molecule has 0 aliphatic heterocycles. The fraction of sp³-hybridized carbons (Fsp3) is 0.462. The van der Waals surface area contributed by atoms with E-state index in [1.165, 1.54) is 0 Å². The van der Waals surface area contributed by atoms with Gasteiger partial charge < -0.3 is 13.9 Å². The highest BCUT2D eigenvalue weighted by molar-refractivity contribution is 6.74. The van der Waals surface area contributed by atoms with E-state index in [0.29, 0.717) is 24.0 Å². The van der Waals surface area contributed by atoms with Gasteiger partial charge in [0.05, 0.1) is 6.10 Å². The van der Waals surface area contributed by atoms with Gasteiger partial charge in [-0.3, -0.25) is 0 Å². The molecule has 6 heteroatoms. The molecule has 1 aromatic carbocycles. The van der Waals surface area contributed by atoms with Gasteiger partial charge in [0.1, 0.15) is 6.61 Å². The van der Waals surface area contributed by atoms with Gasteiger partial charge in [-0.05, 0) is 55.6 Å². The molecule has 0 N–H and O–H groups in total. The van der Waals surface area contributed by atoms with Gasteiger partial charge in [-0.15, -0.1) is 0 Å². The summed E-state index contributed by atoms with van der Waals surface area (Å²) in [5.74, 6) is 1.14. The summed E-state index contributed by atoms with van der Waals surface area (Å²) in [6.07, 6.45) is 1.94. The molecule has 0 saturated carbocycles. The molecule has 2 heterocycles. The minimum atomic E-state index is -1.69. The molecular formula is C26H36N2O3Si. The van der Waals surface area contributed by atoms with Crippen molar-refractivity contribution < 1.29 is 13.9 Å². The van der Waals surface area contributed by atoms with E-state index < -0.39 is 8.32 Å². The quantitative estimate of drug-likeness (QED) is 0.251. The third-order valence-electron chi connectivity index (χ3n) is 6.08. The van der Waals surface area contributed by atoms with Crippen LogP contribution in [-0.2, 0) is 11.0 Å². The van der Waals surface area contributed by atoms with Crippen LogP contribution in [0, 0.1) is 0 Å². The molecule has 3 aromatic rings. The van der Waals surface area contributed by atoms with Crippen LogP contribution >= 0.6 is 0 Å². The lowest BCUT2D eigenvalue weighted by atomic mass is 10.2. The molecule has 0 fully saturated rings. The number of aromatic nitrogens is 2. The minimum Gasteiger partial charge on any atom is -0.475 e. The topological polar surface area (TPSA) is 53.5 Å². The Morgan fingerprint density at radius 3 is 2.25 bits per heavy atom. The molecule has 0 amide bonds. The average molecular weight is 453 g/mol. The number of benzene rings is 1. The largest absolute Gasteiger partial charge is 0.475 e. The lowest BCUT2D eigenvalue weighted by molar-refractivity contribution is 0.184. The zero-order chi connectivity index (χ0) is 23.2. The molecule has 0 saturated heterocycles. The molecule has 3 rings (SSSR count). The zero-order valence-corrected chi connectivity index (χ0v) is 21.2. The van der Waals surface area contributed by atoms with Crippen molar-refractivity contribution in [3.8, 4) is 11.8 Å². The van der Waals surface area contributed by atoms with Gasteiger partial charge in [-0.1, -0.05) is 51.1 Å². The van der Waals surface area contributed by atoms with E-state index in [1.54, 1.807) is 0 Å². The molecule has 32 heavy (non-hydrogen) atoms. The summed E-state index contributed by atoms with van der Waals surface area (Å²) < 4.78 is 18.2. The fourth-order valence-electron chi connectivity index (χ4n) is 3.02. The van der Waals surface area contributed by atoms with Crippen molar-refractivity contribution >= 4 is 19.4 Å². The van der Waals surface area contributed by atoms with E-state index >= 15 is 0 Å². The van der Waals surface area contributed by atoms with Gasteiger partial charge in [-0.25, -0.2) is 0 Å². The molecule has 0 bridgehead atoms. The smallest absolute Gasteiger partial charge is 0.215 e. The molecule has 0 aliphatic rings. The van der Waals surface area contributed by atoms with Crippen LogP contribution in [0.25, 0.3) is 11.0 Å². The number of nitrogens with zero attached hydrogens (tertiary/aromatic N) is 2. The molecular weight excluding hydrogens is 416 g/mol. The maximum atomic E-state index is 6.26. The maximum Gasteiger partial charge on any atom is 0.215 e. The molecule has 0 spiro atoms. The molecule has 2 aromatic heterocycles. The van der Waals surface area contributed by atoms with Gasteiger partial charge >= 0.3 is 0 Å². The summed E-state index contributed by atoms with van der Waals surface area (Å²) in [5, 5.41) is 1.20. The SMILES string of the molecule is CC(CCCO[Si](C)(C)C(C)(C)C)Oc1ccc2ccc(OCc3ccccc3)nc2n1. The van der Waals surface area contributed by atoms with Gasteiger partial charge in [0.15, 0.2) is 14.0 Å². The van der Waals surface area contributed by atoms with E-state index in [4.69, 9.17) is 13.9 Å². The van der Waals surface area contributed by atoms with Gasteiger partial charge in [0, 0.05) is 24.1 Å². The number of rotatable bonds is 10. The second kappa shape index (κ2) is 10.4. The molecule has 172 valence electrons. The van der Waals surface area contributed by atoms with E-state index in [1.807, 2.05) is 54.6 Å². The van der Waals surface area contributed by atoms with Crippen LogP contribution < -0.4 is 9.47 Å². The second-order valence-electron chi connectivity index (χ2n) is 9.80. The fourth-order valence-corrected chi connectivity index (χ4v) is 4.11. The highest BCUT2D eigenvalue weighted by Gasteiger charge is 2.36. The zero-order valence-electron chi connectivity index (χ0n) is 20.2. The summed E-state index contributed by atoms with van der Waals surface area (Å²) >= 11 is 0. The van der Waals surface area contributed by atoms with Crippen molar-refractivity contribution in [2.75, 3.05) is 6.61 Å². The van der Waals surface area contributed by atoms with Gasteiger partial charge in [0.2, 0.25) is 11.8 Å². The predicted octanol–water partition coefficient (Wildman–Crippen LogP) is 6.78. The first-order valence-corrected chi connectivity index (χ1v) is 14.3. The van der Waals surface area contributed by atoms with E-state index in [0.717, 1.165) is 30.4 Å². The Balaban J connectivity index is 1.53. The summed E-state index contributed by atoms with van der Waals surface area (Å²) in [6, 6.07) is 17.8. The standard InChI is InChI=1S/C26H36N2O3Si/c1-20(11-10-18-30-32(5,6)26(2,3)4)31-24-17-15-22-14-16-23(27-25(22)28-24)29-19-21-12-8-7-9-13-21/h7-9,12-17,20H,10-11,18-19H2,1-6H3. The summed E-state index contributed by atoms with van der Waals surface area (Å²) in [7, 11) is -1.69. The van der Waals surface area contributed by atoms with Crippen molar-refractivity contribution in [2.24, 2.45) is 0 Å². The van der Waals surface area contributed by atoms with Crippen molar-refractivity contribution in [1.29, 1.82) is 0 Å². The number of ether oxygens (including phenoxy) is 2. The van der Waals surface area contributed by atoms with Crippen LogP contribution in [0.3, 0.4) is 0 Å². The lowest BCUT2D eigenvalue weighted by Gasteiger charge is -2.36. The molecule has 1 unspecified atom stereocenters. The second-order valence-corrected chi connectivity index (χ2v) is 14.6. The normalized spacial score (nSPS) is 13.2. The molecule has 1 atom stereocenters. The maximum absolute atomic E-state index is 6.26. The number of hydrogen-bond donors (Lipinski definition) is 0. The Bertz CT molecular complexity index is 1000. The first-order valence-electron chi connectivity index (χ1n) is 11.4. The van der Waals surface area contributed by atoms with Crippen LogP contribution in [0.5, 0.6) is 11.8 Å². The van der Waals surface area contributed by atoms with E-state index in [2.05, 4.69) is 50.8 Å². The van der Waals surface area contributed by atoms with Crippen molar-refractivity contribution in [2.45, 2.75) is 71.4 Å². The van der Waals surface area contributed by atoms with Crippen molar-refractivity contribution in [3.05, 3.63) is 60.2 Å². The van der Waals surface area contributed by atoms with Crippen LogP contribution in [0.4, 0.5) is 0 Å². The number of fused-ring (bicyclic) bond motifs is 1. The van der Waals surface area contributed by atoms with Gasteiger partial charge in [-0.2, -0.15) is 9.97 Å². The summed E-state index contributed by atoms with van der Waals surface area (Å²) in [6.45, 7) is 14.7. The Kier molecular flexibility index (Phi) is 7.90. The van der Waals surface area contributed by atoms with Crippen LogP contribution in [-0.4, -0.2) is 31.0 Å². The van der Waals surface area contributed by atoms with Crippen molar-refractivity contribution in [3.63, 3.8) is 0 Å². The highest BCUT2D eigenvalue weighted by Crippen LogP contribution is 2.36. The monoisotopic (exact) mass is 452 g/mol. The third-order valence-corrected chi connectivity index (χ3v) is 10.6. The summed E-state index contributed by atoms with van der Waals surface area (Å²) in [5.41, 5.74) is 1.73. The predicted molar refractivity (Wildman–Crippen MR) is 133 cm³/mol. The van der Waals surface area contributed by atoms with Gasteiger partial charge in [0.25, 0.3) is 0 Å². The lowest BCUT2D eigenvalue weighted by Crippen LogP contribution is -2.41. The van der Waals surface area contributed by atoms with E-state index in [-0.39, 0.29) is 11.1 Å². The van der Waals surface area contributed by atoms with E-state index in [9.17, 15) is 0 Å². The molecule has 0 aliphatic carbocycles. The first-order chi connectivity index (χ1) is 15.1. The summed E-state index contributed by atoms with van der Waals surface area (Å²) in [4.78, 5) is 9.15. The Hall–Kier alpha value is -2.44. The number of pyridine rings is 2. The molecule has 5 nitrogen and oxygen atoms in total. The van der Waals surface area contributed by atoms with Crippen LogP contribution in [0.2, 0.25) is 18.1 Å². The average Bonchev–Trinajstić information content (AvgIpc) is 2.75. The van der Waals surface area contributed by atoms with Crippen LogP contribution in [0.15, 0.2) is 54.6 Å². The first kappa shape index (κ1) is 24.2. The van der Waals surface area contributed by atoms with Crippen LogP contribution in [0.1, 0.15) is 46.1 Å². The number of hydrogen-bond acceptors (Lipinski definition) is 5. The Morgan fingerprint density at radius 2 is 1.56 bits per heavy atom. The third kappa shape index (κ3) is 6.78. The molecule has 0 radical (unpaired) electrons. The minimum absolute atomic E-state index is 0.0560. The highest BCUT2D eigenvalue weighted by atomic mass is 28.4.